The summed E-state index contributed by atoms with van der Waals surface area (Å²) >= 11 is 0. The van der Waals surface area contributed by atoms with E-state index >= 15 is 0 Å². The fourth-order valence-corrected chi connectivity index (χ4v) is 2.33. The number of nitrogens with zero attached hydrogens (tertiary/aromatic N) is 1. The predicted molar refractivity (Wildman–Crippen MR) is 91.2 cm³/mol. The molecule has 0 radical (unpaired) electrons. The number of amides is 2. The van der Waals surface area contributed by atoms with Crippen LogP contribution in [0.25, 0.3) is 0 Å². The Morgan fingerprint density at radius 3 is 2.52 bits per heavy atom. The average molecular weight is 359 g/mol. The van der Waals surface area contributed by atoms with E-state index in [1.807, 2.05) is 4.90 Å². The largest absolute Gasteiger partial charge is 0.445 e. The molecule has 4 N–H and O–H groups in total. The molecule has 1 heterocycles. The molecule has 1 saturated heterocycles. The van der Waals surface area contributed by atoms with Crippen molar-refractivity contribution in [1.29, 1.82) is 0 Å². The van der Waals surface area contributed by atoms with Gasteiger partial charge in [-0.25, -0.2) is 9.59 Å². The SMILES string of the molecule is C=CCOC(=O)NCC1(O)CN(C[C@H](O)CNC(=O)OC(C)(C)C)C1. The van der Waals surface area contributed by atoms with E-state index in [4.69, 9.17) is 9.47 Å². The Hall–Kier alpha value is -1.84. The number of likely N-dealkylation sites (tertiary alicyclic amines) is 1. The first-order valence-electron chi connectivity index (χ1n) is 8.14. The van der Waals surface area contributed by atoms with Crippen LogP contribution in [0.1, 0.15) is 20.8 Å². The highest BCUT2D eigenvalue weighted by molar-refractivity contribution is 5.67. The van der Waals surface area contributed by atoms with E-state index in [0.29, 0.717) is 19.6 Å². The van der Waals surface area contributed by atoms with Crippen LogP contribution in [0.2, 0.25) is 0 Å². The molecule has 9 nitrogen and oxygen atoms in total. The second-order valence-electron chi connectivity index (χ2n) is 7.17. The highest BCUT2D eigenvalue weighted by atomic mass is 16.6. The van der Waals surface area contributed by atoms with E-state index in [2.05, 4.69) is 17.2 Å². The van der Waals surface area contributed by atoms with Gasteiger partial charge < -0.3 is 30.3 Å². The maximum atomic E-state index is 11.5. The molecule has 0 aromatic carbocycles. The van der Waals surface area contributed by atoms with Crippen LogP contribution >= 0.6 is 0 Å². The molecule has 1 aliphatic rings. The van der Waals surface area contributed by atoms with Crippen molar-refractivity contribution in [1.82, 2.24) is 15.5 Å². The van der Waals surface area contributed by atoms with Gasteiger partial charge in [-0.15, -0.1) is 0 Å². The number of carbonyl (C=O) groups excluding carboxylic acids is 2. The van der Waals surface area contributed by atoms with E-state index in [0.717, 1.165) is 0 Å². The van der Waals surface area contributed by atoms with Gasteiger partial charge in [0.05, 0.1) is 12.6 Å². The number of rotatable bonds is 8. The number of alkyl carbamates (subject to hydrolysis) is 2. The highest BCUT2D eigenvalue weighted by Crippen LogP contribution is 2.20. The van der Waals surface area contributed by atoms with Crippen LogP contribution in [0.15, 0.2) is 12.7 Å². The Labute approximate surface area is 148 Å². The molecule has 0 spiro atoms. The monoisotopic (exact) mass is 359 g/mol. The molecule has 144 valence electrons. The van der Waals surface area contributed by atoms with E-state index in [1.165, 1.54) is 6.08 Å². The molecule has 0 aromatic heterocycles. The summed E-state index contributed by atoms with van der Waals surface area (Å²) in [7, 11) is 0. The van der Waals surface area contributed by atoms with Crippen molar-refractivity contribution in [3.05, 3.63) is 12.7 Å². The van der Waals surface area contributed by atoms with E-state index in [-0.39, 0.29) is 19.7 Å². The van der Waals surface area contributed by atoms with Gasteiger partial charge in [0.25, 0.3) is 0 Å². The Kier molecular flexibility index (Phi) is 7.65. The summed E-state index contributed by atoms with van der Waals surface area (Å²) in [6, 6.07) is 0. The fraction of sp³-hybridized carbons (Fsp3) is 0.750. The maximum Gasteiger partial charge on any atom is 0.407 e. The van der Waals surface area contributed by atoms with Crippen molar-refractivity contribution in [3.63, 3.8) is 0 Å². The van der Waals surface area contributed by atoms with Crippen LogP contribution in [0, 0.1) is 0 Å². The fourth-order valence-electron chi connectivity index (χ4n) is 2.33. The zero-order valence-corrected chi connectivity index (χ0v) is 15.1. The number of aliphatic hydroxyl groups excluding tert-OH is 1. The summed E-state index contributed by atoms with van der Waals surface area (Å²) in [6.07, 6.45) is -0.545. The zero-order chi connectivity index (χ0) is 19.1. The average Bonchev–Trinajstić information content (AvgIpc) is 2.45. The van der Waals surface area contributed by atoms with Crippen molar-refractivity contribution in [2.45, 2.75) is 38.1 Å². The molecular formula is C16H29N3O6. The van der Waals surface area contributed by atoms with Gasteiger partial charge in [-0.2, -0.15) is 0 Å². The van der Waals surface area contributed by atoms with Crippen molar-refractivity contribution < 1.29 is 29.3 Å². The third-order valence-corrected chi connectivity index (χ3v) is 3.28. The van der Waals surface area contributed by atoms with Crippen molar-refractivity contribution in [2.24, 2.45) is 0 Å². The Morgan fingerprint density at radius 1 is 1.32 bits per heavy atom. The highest BCUT2D eigenvalue weighted by Gasteiger charge is 2.41. The van der Waals surface area contributed by atoms with E-state index < -0.39 is 29.5 Å². The van der Waals surface area contributed by atoms with Crippen molar-refractivity contribution >= 4 is 12.2 Å². The number of β-amino-alcohol motifs (C(OH)–C–C–N with tert-alkyl or cyclic N) is 2. The second kappa shape index (κ2) is 9.02. The Bertz CT molecular complexity index is 471. The quantitative estimate of drug-likeness (QED) is 0.444. The first kappa shape index (κ1) is 21.2. The van der Waals surface area contributed by atoms with Crippen molar-refractivity contribution in [3.8, 4) is 0 Å². The van der Waals surface area contributed by atoms with Crippen LogP contribution in [0.5, 0.6) is 0 Å². The zero-order valence-electron chi connectivity index (χ0n) is 15.1. The third kappa shape index (κ3) is 8.71. The first-order chi connectivity index (χ1) is 11.5. The number of hydrogen-bond donors (Lipinski definition) is 4. The molecule has 1 rings (SSSR count). The van der Waals surface area contributed by atoms with Gasteiger partial charge in [-0.3, -0.25) is 4.90 Å². The Morgan fingerprint density at radius 2 is 1.96 bits per heavy atom. The van der Waals surface area contributed by atoms with E-state index in [9.17, 15) is 19.8 Å². The molecule has 0 saturated carbocycles. The summed E-state index contributed by atoms with van der Waals surface area (Å²) < 4.78 is 9.83. The third-order valence-electron chi connectivity index (χ3n) is 3.28. The van der Waals surface area contributed by atoms with Gasteiger partial charge in [-0.05, 0) is 20.8 Å². The molecule has 0 unspecified atom stereocenters. The Balaban J connectivity index is 2.18. The summed E-state index contributed by atoms with van der Waals surface area (Å²) in [5.41, 5.74) is -1.64. The minimum absolute atomic E-state index is 0.0516. The lowest BCUT2D eigenvalue weighted by molar-refractivity contribution is -0.105. The van der Waals surface area contributed by atoms with Gasteiger partial charge in [-0.1, -0.05) is 12.7 Å². The molecule has 1 fully saturated rings. The minimum Gasteiger partial charge on any atom is -0.445 e. The first-order valence-corrected chi connectivity index (χ1v) is 8.14. The van der Waals surface area contributed by atoms with Gasteiger partial charge >= 0.3 is 12.2 Å². The lowest BCUT2D eigenvalue weighted by atomic mass is 9.94. The lowest BCUT2D eigenvalue weighted by Gasteiger charge is -2.47. The van der Waals surface area contributed by atoms with Crippen molar-refractivity contribution in [2.75, 3.05) is 39.3 Å². The standard InChI is InChI=1S/C16H29N3O6/c1-5-6-24-13(21)18-9-16(23)10-19(11-16)8-12(20)7-17-14(22)25-15(2,3)4/h5,12,20,23H,1,6-11H2,2-4H3,(H,17,22)(H,18,21)/t12-/m1/s1. The van der Waals surface area contributed by atoms with Crippen LogP contribution in [-0.2, 0) is 9.47 Å². The van der Waals surface area contributed by atoms with Gasteiger partial charge in [0, 0.05) is 26.2 Å². The van der Waals surface area contributed by atoms with E-state index in [1.54, 1.807) is 20.8 Å². The smallest absolute Gasteiger partial charge is 0.407 e. The summed E-state index contributed by atoms with van der Waals surface area (Å²) in [5.74, 6) is 0. The normalized spacial score (nSPS) is 17.8. The van der Waals surface area contributed by atoms with Gasteiger partial charge in [0.2, 0.25) is 0 Å². The second-order valence-corrected chi connectivity index (χ2v) is 7.17. The number of nitrogens with one attached hydrogen (secondary N) is 2. The number of aliphatic hydroxyl groups is 2. The number of hydrogen-bond acceptors (Lipinski definition) is 7. The van der Waals surface area contributed by atoms with Gasteiger partial charge in [0.15, 0.2) is 0 Å². The number of ether oxygens (including phenoxy) is 2. The van der Waals surface area contributed by atoms with Gasteiger partial charge in [0.1, 0.15) is 17.8 Å². The molecule has 9 heteroatoms. The summed E-state index contributed by atoms with van der Waals surface area (Å²) in [6.45, 7) is 9.81. The van der Waals surface area contributed by atoms with Crippen LogP contribution in [-0.4, -0.2) is 83.9 Å². The molecule has 2 amide bonds. The molecule has 25 heavy (non-hydrogen) atoms. The summed E-state index contributed by atoms with van der Waals surface area (Å²) in [4.78, 5) is 24.6. The molecule has 0 aromatic rings. The molecule has 1 atom stereocenters. The number of carbonyl (C=O) groups is 2. The molecule has 0 aliphatic carbocycles. The maximum absolute atomic E-state index is 11.5. The molecular weight excluding hydrogens is 330 g/mol. The molecule has 0 bridgehead atoms. The summed E-state index contributed by atoms with van der Waals surface area (Å²) in [5, 5.41) is 25.1. The van der Waals surface area contributed by atoms with Crippen LogP contribution in [0.3, 0.4) is 0 Å². The van der Waals surface area contributed by atoms with Crippen LogP contribution < -0.4 is 10.6 Å². The topological polar surface area (TPSA) is 120 Å². The van der Waals surface area contributed by atoms with Crippen LogP contribution in [0.4, 0.5) is 9.59 Å². The minimum atomic E-state index is -1.05. The lowest BCUT2D eigenvalue weighted by Crippen LogP contribution is -2.67. The predicted octanol–water partition coefficient (Wildman–Crippen LogP) is -0.169. The molecule has 1 aliphatic heterocycles.